The van der Waals surface area contributed by atoms with Crippen LogP contribution >= 0.6 is 15.9 Å². The number of nitrogens with zero attached hydrogens (tertiary/aromatic N) is 1. The highest BCUT2D eigenvalue weighted by Gasteiger charge is 2.39. The zero-order valence-corrected chi connectivity index (χ0v) is 11.0. The molecule has 0 spiro atoms. The highest BCUT2D eigenvalue weighted by atomic mass is 79.9. The number of hydrogen-bond acceptors (Lipinski definition) is 3. The molecule has 1 aromatic heterocycles. The molecule has 2 heterocycles. The fraction of sp³-hybridized carbons (Fsp3) is 0.583. The lowest BCUT2D eigenvalue weighted by molar-refractivity contribution is -0.0454. The van der Waals surface area contributed by atoms with Crippen LogP contribution in [-0.4, -0.2) is 36.1 Å². The molecule has 3 rings (SSSR count). The highest BCUT2D eigenvalue weighted by molar-refractivity contribution is 9.10. The van der Waals surface area contributed by atoms with Crippen molar-refractivity contribution in [3.63, 3.8) is 0 Å². The topological polar surface area (TPSA) is 42.7 Å². The van der Waals surface area contributed by atoms with Crippen LogP contribution in [0.5, 0.6) is 0 Å². The summed E-state index contributed by atoms with van der Waals surface area (Å²) < 4.78 is 11.6. The molecule has 0 aromatic carbocycles. The Morgan fingerprint density at radius 1 is 1.41 bits per heavy atom. The van der Waals surface area contributed by atoms with Gasteiger partial charge in [0.1, 0.15) is 0 Å². The van der Waals surface area contributed by atoms with Gasteiger partial charge >= 0.3 is 0 Å². The predicted molar refractivity (Wildman–Crippen MR) is 64.8 cm³/mol. The van der Waals surface area contributed by atoms with Crippen LogP contribution in [0, 0.1) is 0 Å². The quantitative estimate of drug-likeness (QED) is 0.800. The fourth-order valence-electron chi connectivity index (χ4n) is 2.75. The molecule has 1 saturated heterocycles. The summed E-state index contributed by atoms with van der Waals surface area (Å²) in [5, 5.41) is 0. The minimum Gasteiger partial charge on any atom is -0.444 e. The first-order valence-corrected chi connectivity index (χ1v) is 6.73. The van der Waals surface area contributed by atoms with Crippen molar-refractivity contribution in [3.05, 3.63) is 22.6 Å². The van der Waals surface area contributed by atoms with Crippen LogP contribution < -0.4 is 0 Å². The van der Waals surface area contributed by atoms with Crippen LogP contribution in [0.2, 0.25) is 0 Å². The Hall–Kier alpha value is -0.810. The van der Waals surface area contributed by atoms with Crippen molar-refractivity contribution in [2.45, 2.75) is 31.4 Å². The number of morpholine rings is 1. The Bertz CT molecular complexity index is 431. The molecule has 1 saturated carbocycles. The summed E-state index contributed by atoms with van der Waals surface area (Å²) in [7, 11) is 0. The molecule has 4 nitrogen and oxygen atoms in total. The van der Waals surface area contributed by atoms with Gasteiger partial charge in [0.25, 0.3) is 5.91 Å². The van der Waals surface area contributed by atoms with E-state index in [1.165, 1.54) is 0 Å². The number of halogens is 1. The third kappa shape index (κ3) is 2.02. The smallest absolute Gasteiger partial charge is 0.290 e. The molecule has 1 aromatic rings. The zero-order chi connectivity index (χ0) is 11.8. The molecule has 0 unspecified atom stereocenters. The number of ether oxygens (including phenoxy) is 1. The summed E-state index contributed by atoms with van der Waals surface area (Å²) in [6.45, 7) is 1.30. The summed E-state index contributed by atoms with van der Waals surface area (Å²) in [5.41, 5.74) is 0. The summed E-state index contributed by atoms with van der Waals surface area (Å²) in [6, 6.07) is 3.70. The lowest BCUT2D eigenvalue weighted by Gasteiger charge is -2.37. The van der Waals surface area contributed by atoms with Gasteiger partial charge in [0, 0.05) is 6.54 Å². The maximum atomic E-state index is 12.3. The van der Waals surface area contributed by atoms with E-state index in [9.17, 15) is 4.79 Å². The highest BCUT2D eigenvalue weighted by Crippen LogP contribution is 2.31. The van der Waals surface area contributed by atoms with E-state index in [0.29, 0.717) is 23.6 Å². The first-order valence-electron chi connectivity index (χ1n) is 5.93. The van der Waals surface area contributed by atoms with Gasteiger partial charge in [-0.25, -0.2) is 0 Å². The molecule has 1 amide bonds. The molecule has 2 atom stereocenters. The van der Waals surface area contributed by atoms with Gasteiger partial charge in [0.15, 0.2) is 10.4 Å². The van der Waals surface area contributed by atoms with Crippen LogP contribution in [0.3, 0.4) is 0 Å². The van der Waals surface area contributed by atoms with Crippen molar-refractivity contribution in [3.8, 4) is 0 Å². The lowest BCUT2D eigenvalue weighted by Crippen LogP contribution is -2.51. The number of furan rings is 1. The second kappa shape index (κ2) is 4.46. The summed E-state index contributed by atoms with van der Waals surface area (Å²) in [5.74, 6) is 0.389. The molecular formula is C12H14BrNO3. The summed E-state index contributed by atoms with van der Waals surface area (Å²) in [4.78, 5) is 14.2. The van der Waals surface area contributed by atoms with Crippen molar-refractivity contribution < 1.29 is 13.9 Å². The molecule has 2 fully saturated rings. The van der Waals surface area contributed by atoms with E-state index in [4.69, 9.17) is 9.15 Å². The van der Waals surface area contributed by atoms with Gasteiger partial charge in [0.2, 0.25) is 0 Å². The first-order chi connectivity index (χ1) is 8.25. The van der Waals surface area contributed by atoms with Gasteiger partial charge in [-0.05, 0) is 47.3 Å². The monoisotopic (exact) mass is 299 g/mol. The minimum atomic E-state index is -0.0177. The van der Waals surface area contributed by atoms with Gasteiger partial charge < -0.3 is 14.1 Å². The molecule has 0 radical (unpaired) electrons. The molecule has 1 aliphatic carbocycles. The van der Waals surface area contributed by atoms with E-state index in [1.807, 2.05) is 4.90 Å². The van der Waals surface area contributed by atoms with E-state index >= 15 is 0 Å². The number of carbonyl (C=O) groups is 1. The fourth-order valence-corrected chi connectivity index (χ4v) is 3.06. The average Bonchev–Trinajstić information content (AvgIpc) is 2.95. The van der Waals surface area contributed by atoms with Crippen LogP contribution in [0.1, 0.15) is 29.8 Å². The number of amides is 1. The Labute approximate surface area is 108 Å². The SMILES string of the molecule is O=C(c1ccc(Br)o1)N1CCO[C@H]2CCC[C@H]21. The standard InChI is InChI=1S/C12H14BrNO3/c13-11-5-4-10(17-11)12(15)14-6-7-16-9-3-1-2-8(9)14/h4-5,8-9H,1-3,6-7H2/t8-,9+/m1/s1. The van der Waals surface area contributed by atoms with Crippen LogP contribution in [0.15, 0.2) is 21.2 Å². The van der Waals surface area contributed by atoms with E-state index in [0.717, 1.165) is 19.3 Å². The van der Waals surface area contributed by atoms with Gasteiger partial charge in [-0.15, -0.1) is 0 Å². The molecule has 0 N–H and O–H groups in total. The maximum absolute atomic E-state index is 12.3. The average molecular weight is 300 g/mol. The number of fused-ring (bicyclic) bond motifs is 1. The van der Waals surface area contributed by atoms with Crippen molar-refractivity contribution in [2.24, 2.45) is 0 Å². The van der Waals surface area contributed by atoms with E-state index in [2.05, 4.69) is 15.9 Å². The van der Waals surface area contributed by atoms with E-state index in [1.54, 1.807) is 12.1 Å². The molecular weight excluding hydrogens is 286 g/mol. The molecule has 17 heavy (non-hydrogen) atoms. The van der Waals surface area contributed by atoms with Gasteiger partial charge in [0.05, 0.1) is 18.8 Å². The minimum absolute atomic E-state index is 0.0177. The summed E-state index contributed by atoms with van der Waals surface area (Å²) >= 11 is 3.22. The second-order valence-corrected chi connectivity index (χ2v) is 5.29. The molecule has 5 heteroatoms. The molecule has 0 bridgehead atoms. The normalized spacial score (nSPS) is 28.2. The molecule has 1 aliphatic heterocycles. The van der Waals surface area contributed by atoms with Crippen molar-refractivity contribution >= 4 is 21.8 Å². The Morgan fingerprint density at radius 2 is 2.29 bits per heavy atom. The maximum Gasteiger partial charge on any atom is 0.290 e. The summed E-state index contributed by atoms with van der Waals surface area (Å²) in [6.07, 6.45) is 3.47. The Kier molecular flexibility index (Phi) is 2.96. The zero-order valence-electron chi connectivity index (χ0n) is 9.39. The Balaban J connectivity index is 1.81. The lowest BCUT2D eigenvalue weighted by atomic mass is 10.1. The number of rotatable bonds is 1. The molecule has 92 valence electrons. The van der Waals surface area contributed by atoms with Crippen LogP contribution in [0.25, 0.3) is 0 Å². The second-order valence-electron chi connectivity index (χ2n) is 4.51. The van der Waals surface area contributed by atoms with Crippen molar-refractivity contribution in [2.75, 3.05) is 13.2 Å². The largest absolute Gasteiger partial charge is 0.444 e. The van der Waals surface area contributed by atoms with E-state index < -0.39 is 0 Å². The first kappa shape index (κ1) is 11.3. The number of carbonyl (C=O) groups excluding carboxylic acids is 1. The van der Waals surface area contributed by atoms with Crippen molar-refractivity contribution in [1.29, 1.82) is 0 Å². The Morgan fingerprint density at radius 3 is 3.06 bits per heavy atom. The molecule has 2 aliphatic rings. The van der Waals surface area contributed by atoms with Crippen LogP contribution in [-0.2, 0) is 4.74 Å². The third-order valence-electron chi connectivity index (χ3n) is 3.53. The van der Waals surface area contributed by atoms with Gasteiger partial charge in [-0.1, -0.05) is 0 Å². The van der Waals surface area contributed by atoms with Gasteiger partial charge in [-0.3, -0.25) is 4.79 Å². The van der Waals surface area contributed by atoms with E-state index in [-0.39, 0.29) is 18.1 Å². The van der Waals surface area contributed by atoms with Crippen molar-refractivity contribution in [1.82, 2.24) is 4.90 Å². The number of hydrogen-bond donors (Lipinski definition) is 0. The van der Waals surface area contributed by atoms with Crippen LogP contribution in [0.4, 0.5) is 0 Å². The van der Waals surface area contributed by atoms with Gasteiger partial charge in [-0.2, -0.15) is 0 Å². The predicted octanol–water partition coefficient (Wildman–Crippen LogP) is 2.44. The third-order valence-corrected chi connectivity index (χ3v) is 3.95.